The van der Waals surface area contributed by atoms with Gasteiger partial charge < -0.3 is 4.42 Å². The molecule has 1 heterocycles. The molecule has 3 nitrogen and oxygen atoms in total. The van der Waals surface area contributed by atoms with Crippen LogP contribution in [0.5, 0.6) is 0 Å². The summed E-state index contributed by atoms with van der Waals surface area (Å²) in [5.74, 6) is 0.809. The van der Waals surface area contributed by atoms with Crippen LogP contribution in [0.1, 0.15) is 5.56 Å². The van der Waals surface area contributed by atoms with Gasteiger partial charge in [0.2, 0.25) is 5.89 Å². The molecule has 106 valence electrons. The van der Waals surface area contributed by atoms with Crippen molar-refractivity contribution in [1.29, 1.82) is 0 Å². The molecule has 0 spiro atoms. The van der Waals surface area contributed by atoms with Gasteiger partial charge >= 0.3 is 0 Å². The molecule has 0 aliphatic heterocycles. The molecule has 0 aliphatic rings. The molecule has 0 unspecified atom stereocenters. The molecule has 21 heavy (non-hydrogen) atoms. The lowest BCUT2D eigenvalue weighted by Crippen LogP contribution is -1.82. The van der Waals surface area contributed by atoms with Crippen LogP contribution in [0.4, 0.5) is 4.39 Å². The van der Waals surface area contributed by atoms with Crippen molar-refractivity contribution in [1.82, 2.24) is 10.2 Å². The highest BCUT2D eigenvalue weighted by Gasteiger charge is 2.09. The molecule has 3 rings (SSSR count). The zero-order valence-corrected chi connectivity index (χ0v) is 13.2. The Morgan fingerprint density at radius 1 is 1.10 bits per heavy atom. The van der Waals surface area contributed by atoms with Gasteiger partial charge in [-0.05, 0) is 35.9 Å². The van der Waals surface area contributed by atoms with Gasteiger partial charge in [0.25, 0.3) is 5.22 Å². The van der Waals surface area contributed by atoms with Crippen LogP contribution in [-0.2, 0) is 5.75 Å². The summed E-state index contributed by atoms with van der Waals surface area (Å²) in [5.41, 5.74) is 1.73. The normalized spacial score (nSPS) is 10.8. The van der Waals surface area contributed by atoms with E-state index in [0.717, 1.165) is 15.6 Å². The molecule has 0 fully saturated rings. The molecule has 3 aromatic rings. The van der Waals surface area contributed by atoms with Gasteiger partial charge in [0, 0.05) is 15.8 Å². The van der Waals surface area contributed by atoms with Gasteiger partial charge in [-0.1, -0.05) is 45.9 Å². The molecule has 0 bridgehead atoms. The van der Waals surface area contributed by atoms with Gasteiger partial charge in [-0.15, -0.1) is 10.2 Å². The van der Waals surface area contributed by atoms with Gasteiger partial charge in [-0.25, -0.2) is 4.39 Å². The molecule has 0 saturated heterocycles. The monoisotopic (exact) mass is 364 g/mol. The third kappa shape index (κ3) is 3.71. The molecule has 2 aromatic carbocycles. The van der Waals surface area contributed by atoms with Crippen molar-refractivity contribution in [3.63, 3.8) is 0 Å². The topological polar surface area (TPSA) is 38.9 Å². The minimum absolute atomic E-state index is 0.242. The van der Waals surface area contributed by atoms with Gasteiger partial charge in [0.1, 0.15) is 5.82 Å². The highest BCUT2D eigenvalue weighted by molar-refractivity contribution is 9.10. The van der Waals surface area contributed by atoms with Crippen molar-refractivity contribution in [2.75, 3.05) is 0 Å². The van der Waals surface area contributed by atoms with E-state index in [1.807, 2.05) is 30.3 Å². The summed E-state index contributed by atoms with van der Waals surface area (Å²) in [6.45, 7) is 0. The van der Waals surface area contributed by atoms with Gasteiger partial charge in [0.15, 0.2) is 0 Å². The van der Waals surface area contributed by atoms with Crippen LogP contribution in [0.15, 0.2) is 62.6 Å². The lowest BCUT2D eigenvalue weighted by atomic mass is 10.2. The SMILES string of the molecule is Fc1cccc(CSc2nnc(-c3cccc(Br)c3)o2)c1. The standard InChI is InChI=1S/C15H10BrFN2OS/c16-12-5-2-4-11(8-12)14-18-19-15(20-14)21-9-10-3-1-6-13(17)7-10/h1-8H,9H2. The first kappa shape index (κ1) is 14.3. The van der Waals surface area contributed by atoms with Gasteiger partial charge in [-0.2, -0.15) is 0 Å². The van der Waals surface area contributed by atoms with Crippen LogP contribution >= 0.6 is 27.7 Å². The third-order valence-electron chi connectivity index (χ3n) is 2.73. The fourth-order valence-corrected chi connectivity index (χ4v) is 2.88. The first-order valence-electron chi connectivity index (χ1n) is 6.17. The number of hydrogen-bond acceptors (Lipinski definition) is 4. The van der Waals surface area contributed by atoms with Crippen LogP contribution in [0.3, 0.4) is 0 Å². The van der Waals surface area contributed by atoms with Crippen LogP contribution in [-0.4, -0.2) is 10.2 Å². The summed E-state index contributed by atoms with van der Waals surface area (Å²) >= 11 is 4.79. The van der Waals surface area contributed by atoms with Crippen molar-refractivity contribution in [2.45, 2.75) is 11.0 Å². The van der Waals surface area contributed by atoms with E-state index in [1.54, 1.807) is 6.07 Å². The number of hydrogen-bond donors (Lipinski definition) is 0. The highest BCUT2D eigenvalue weighted by atomic mass is 79.9. The Bertz CT molecular complexity index is 763. The summed E-state index contributed by atoms with van der Waals surface area (Å²) in [5, 5.41) is 8.49. The van der Waals surface area contributed by atoms with E-state index in [4.69, 9.17) is 4.42 Å². The lowest BCUT2D eigenvalue weighted by Gasteiger charge is -1.98. The van der Waals surface area contributed by atoms with Crippen LogP contribution < -0.4 is 0 Å². The summed E-state index contributed by atoms with van der Waals surface area (Å²) < 4.78 is 19.6. The molecule has 0 radical (unpaired) electrons. The largest absolute Gasteiger partial charge is 0.411 e. The Morgan fingerprint density at radius 3 is 2.76 bits per heavy atom. The first-order chi connectivity index (χ1) is 10.2. The number of nitrogens with zero attached hydrogens (tertiary/aromatic N) is 2. The molecule has 0 N–H and O–H groups in total. The van der Waals surface area contributed by atoms with E-state index in [9.17, 15) is 4.39 Å². The number of thioether (sulfide) groups is 1. The molecule has 6 heteroatoms. The average Bonchev–Trinajstić information content (AvgIpc) is 2.94. The van der Waals surface area contributed by atoms with Crippen LogP contribution in [0, 0.1) is 5.82 Å². The van der Waals surface area contributed by atoms with E-state index >= 15 is 0 Å². The maximum absolute atomic E-state index is 13.1. The van der Waals surface area contributed by atoms with Crippen molar-refractivity contribution >= 4 is 27.7 Å². The second kappa shape index (κ2) is 6.41. The number of benzene rings is 2. The van der Waals surface area contributed by atoms with Crippen molar-refractivity contribution in [3.05, 3.63) is 64.4 Å². The number of aromatic nitrogens is 2. The molecule has 0 aliphatic carbocycles. The Balaban J connectivity index is 1.71. The quantitative estimate of drug-likeness (QED) is 0.615. The molecule has 0 amide bonds. The Hall–Kier alpha value is -1.66. The second-order valence-corrected chi connectivity index (χ2v) is 6.14. The predicted molar refractivity (Wildman–Crippen MR) is 83.4 cm³/mol. The van der Waals surface area contributed by atoms with Gasteiger partial charge in [0.05, 0.1) is 0 Å². The van der Waals surface area contributed by atoms with E-state index in [1.165, 1.54) is 23.9 Å². The zero-order valence-electron chi connectivity index (χ0n) is 10.8. The first-order valence-corrected chi connectivity index (χ1v) is 7.95. The van der Waals surface area contributed by atoms with E-state index in [0.29, 0.717) is 16.9 Å². The fraction of sp³-hybridized carbons (Fsp3) is 0.0667. The van der Waals surface area contributed by atoms with Crippen LogP contribution in [0.2, 0.25) is 0 Å². The zero-order chi connectivity index (χ0) is 14.7. The molecule has 0 atom stereocenters. The maximum atomic E-state index is 13.1. The summed E-state index contributed by atoms with van der Waals surface area (Å²) in [6.07, 6.45) is 0. The minimum Gasteiger partial charge on any atom is -0.411 e. The van der Waals surface area contributed by atoms with Crippen molar-refractivity contribution in [2.24, 2.45) is 0 Å². The smallest absolute Gasteiger partial charge is 0.277 e. The molecular formula is C15H10BrFN2OS. The summed E-state index contributed by atoms with van der Waals surface area (Å²) in [4.78, 5) is 0. The van der Waals surface area contributed by atoms with Gasteiger partial charge in [-0.3, -0.25) is 0 Å². The third-order valence-corrected chi connectivity index (χ3v) is 4.11. The molecule has 1 aromatic heterocycles. The predicted octanol–water partition coefficient (Wildman–Crippen LogP) is 4.93. The van der Waals surface area contributed by atoms with E-state index in [-0.39, 0.29) is 5.82 Å². The Kier molecular flexibility index (Phi) is 4.36. The number of rotatable bonds is 4. The summed E-state index contributed by atoms with van der Waals surface area (Å²) in [6, 6.07) is 14.1. The van der Waals surface area contributed by atoms with Crippen molar-refractivity contribution in [3.8, 4) is 11.5 Å². The minimum atomic E-state index is -0.242. The van der Waals surface area contributed by atoms with Crippen molar-refractivity contribution < 1.29 is 8.81 Å². The highest BCUT2D eigenvalue weighted by Crippen LogP contribution is 2.27. The average molecular weight is 365 g/mol. The maximum Gasteiger partial charge on any atom is 0.277 e. The van der Waals surface area contributed by atoms with E-state index in [2.05, 4.69) is 26.1 Å². The Labute approximate surface area is 133 Å². The van der Waals surface area contributed by atoms with Crippen LogP contribution in [0.25, 0.3) is 11.5 Å². The number of halogens is 2. The second-order valence-electron chi connectivity index (χ2n) is 4.30. The molecule has 0 saturated carbocycles. The lowest BCUT2D eigenvalue weighted by molar-refractivity contribution is 0.466. The Morgan fingerprint density at radius 2 is 1.95 bits per heavy atom. The molecular weight excluding hydrogens is 355 g/mol. The summed E-state index contributed by atoms with van der Waals surface area (Å²) in [7, 11) is 0. The van der Waals surface area contributed by atoms with E-state index < -0.39 is 0 Å². The fourth-order valence-electron chi connectivity index (χ4n) is 1.78.